The Balaban J connectivity index is 1.28. The lowest BCUT2D eigenvalue weighted by molar-refractivity contribution is 1.10. The van der Waals surface area contributed by atoms with Crippen molar-refractivity contribution >= 4 is 43.4 Å². The van der Waals surface area contributed by atoms with Gasteiger partial charge in [0, 0.05) is 32.7 Å². The van der Waals surface area contributed by atoms with Crippen molar-refractivity contribution in [2.24, 2.45) is 0 Å². The van der Waals surface area contributed by atoms with Crippen molar-refractivity contribution in [1.29, 1.82) is 0 Å². The van der Waals surface area contributed by atoms with Crippen molar-refractivity contribution in [3.63, 3.8) is 0 Å². The minimum Gasteiger partial charge on any atom is -0.233 e. The number of rotatable bonds is 4. The molecule has 6 aromatic carbocycles. The van der Waals surface area contributed by atoms with Crippen LogP contribution in [0.5, 0.6) is 0 Å². The number of aromatic nitrogens is 6. The molecule has 214 valence electrons. The van der Waals surface area contributed by atoms with E-state index in [0.717, 1.165) is 65.9 Å². The third-order valence-electron chi connectivity index (χ3n) is 8.40. The Morgan fingerprint density at radius 1 is 0.348 bits per heavy atom. The highest BCUT2D eigenvalue weighted by Gasteiger charge is 2.18. The molecule has 0 radical (unpaired) electrons. The predicted molar refractivity (Wildman–Crippen MR) is 185 cm³/mol. The van der Waals surface area contributed by atoms with Crippen LogP contribution in [-0.2, 0) is 0 Å². The van der Waals surface area contributed by atoms with Crippen LogP contribution in [0.15, 0.2) is 146 Å². The van der Waals surface area contributed by atoms with Crippen molar-refractivity contribution in [3.05, 3.63) is 146 Å². The van der Waals surface area contributed by atoms with Crippen LogP contribution in [0.3, 0.4) is 0 Å². The van der Waals surface area contributed by atoms with Gasteiger partial charge in [-0.15, -0.1) is 0 Å². The van der Waals surface area contributed by atoms with Gasteiger partial charge < -0.3 is 0 Å². The topological polar surface area (TPSA) is 77.3 Å². The normalized spacial score (nSPS) is 11.5. The molecule has 9 rings (SSSR count). The Morgan fingerprint density at radius 3 is 1.26 bits per heavy atom. The zero-order valence-corrected chi connectivity index (χ0v) is 24.5. The minimum atomic E-state index is 0.515. The Bertz CT molecular complexity index is 2410. The summed E-state index contributed by atoms with van der Waals surface area (Å²) in [7, 11) is 0. The van der Waals surface area contributed by atoms with Gasteiger partial charge in [-0.05, 0) is 29.0 Å². The molecule has 0 atom stereocenters. The van der Waals surface area contributed by atoms with Gasteiger partial charge in [0.25, 0.3) is 0 Å². The highest BCUT2D eigenvalue weighted by molar-refractivity contribution is 6.10. The number of benzene rings is 6. The first-order valence-electron chi connectivity index (χ1n) is 15.1. The highest BCUT2D eigenvalue weighted by atomic mass is 15.0. The summed E-state index contributed by atoms with van der Waals surface area (Å²) in [6, 6.07) is 47.4. The molecule has 6 nitrogen and oxygen atoms in total. The summed E-state index contributed by atoms with van der Waals surface area (Å²) in [5, 5.41) is 6.33. The second kappa shape index (κ2) is 10.6. The van der Waals surface area contributed by atoms with Crippen LogP contribution in [0, 0.1) is 0 Å². The Hall–Kier alpha value is -6.40. The van der Waals surface area contributed by atoms with Gasteiger partial charge >= 0.3 is 0 Å². The fraction of sp³-hybridized carbons (Fsp3) is 0. The van der Waals surface area contributed by atoms with Gasteiger partial charge in [-0.25, -0.2) is 29.9 Å². The van der Waals surface area contributed by atoms with E-state index in [0.29, 0.717) is 23.0 Å². The van der Waals surface area contributed by atoms with E-state index in [-0.39, 0.29) is 0 Å². The summed E-state index contributed by atoms with van der Waals surface area (Å²) in [4.78, 5) is 29.7. The SMILES string of the molecule is c1ccc(-c2nc(-c3cc(-c4nc(-c5ccccc5)c5ccc6ccccc6c5n4)ncn3)nc3c2ccc2ccccc23)cc1. The van der Waals surface area contributed by atoms with E-state index in [1.807, 2.05) is 66.7 Å². The molecule has 0 bridgehead atoms. The number of fused-ring (bicyclic) bond motifs is 6. The molecule has 6 heteroatoms. The van der Waals surface area contributed by atoms with E-state index in [1.54, 1.807) is 6.33 Å². The van der Waals surface area contributed by atoms with Crippen molar-refractivity contribution in [1.82, 2.24) is 29.9 Å². The lowest BCUT2D eigenvalue weighted by atomic mass is 10.0. The lowest BCUT2D eigenvalue weighted by Gasteiger charge is -2.12. The molecule has 0 saturated heterocycles. The average Bonchev–Trinajstić information content (AvgIpc) is 3.14. The van der Waals surface area contributed by atoms with Crippen LogP contribution in [0.25, 0.3) is 88.9 Å². The van der Waals surface area contributed by atoms with Crippen LogP contribution >= 0.6 is 0 Å². The number of nitrogens with zero attached hydrogens (tertiary/aromatic N) is 6. The first-order valence-corrected chi connectivity index (χ1v) is 15.1. The first kappa shape index (κ1) is 26.0. The molecule has 0 N–H and O–H groups in total. The lowest BCUT2D eigenvalue weighted by Crippen LogP contribution is -2.01. The van der Waals surface area contributed by atoms with Gasteiger partial charge in [0.1, 0.15) is 17.7 Å². The van der Waals surface area contributed by atoms with E-state index in [1.165, 1.54) is 0 Å². The van der Waals surface area contributed by atoms with E-state index in [4.69, 9.17) is 19.9 Å². The summed E-state index contributed by atoms with van der Waals surface area (Å²) >= 11 is 0. The van der Waals surface area contributed by atoms with E-state index >= 15 is 0 Å². The molecule has 0 saturated carbocycles. The molecule has 3 aromatic heterocycles. The summed E-state index contributed by atoms with van der Waals surface area (Å²) in [5.41, 5.74) is 6.68. The summed E-state index contributed by atoms with van der Waals surface area (Å²) in [6.45, 7) is 0. The Morgan fingerprint density at radius 2 is 0.783 bits per heavy atom. The predicted octanol–water partition coefficient (Wildman–Crippen LogP) is 9.34. The van der Waals surface area contributed by atoms with Gasteiger partial charge in [0.2, 0.25) is 0 Å². The molecule has 0 spiro atoms. The minimum absolute atomic E-state index is 0.515. The van der Waals surface area contributed by atoms with Crippen LogP contribution < -0.4 is 0 Å². The third-order valence-corrected chi connectivity index (χ3v) is 8.40. The molecule has 0 aliphatic carbocycles. The Labute approximate surface area is 264 Å². The van der Waals surface area contributed by atoms with Crippen molar-refractivity contribution < 1.29 is 0 Å². The number of hydrogen-bond acceptors (Lipinski definition) is 6. The molecule has 0 amide bonds. The molecule has 0 fully saturated rings. The van der Waals surface area contributed by atoms with Crippen molar-refractivity contribution in [2.45, 2.75) is 0 Å². The largest absolute Gasteiger partial charge is 0.233 e. The zero-order chi connectivity index (χ0) is 30.5. The second-order valence-corrected chi connectivity index (χ2v) is 11.2. The average molecular weight is 589 g/mol. The monoisotopic (exact) mass is 588 g/mol. The van der Waals surface area contributed by atoms with E-state index in [2.05, 4.69) is 82.8 Å². The molecule has 0 aliphatic heterocycles. The van der Waals surface area contributed by atoms with Crippen LogP contribution in [0.1, 0.15) is 0 Å². The Kier molecular flexibility index (Phi) is 6.03. The van der Waals surface area contributed by atoms with E-state index in [9.17, 15) is 0 Å². The van der Waals surface area contributed by atoms with Gasteiger partial charge in [-0.1, -0.05) is 121 Å². The summed E-state index contributed by atoms with van der Waals surface area (Å²) in [6.07, 6.45) is 1.54. The molecule has 0 aliphatic rings. The van der Waals surface area contributed by atoms with Crippen LogP contribution in [-0.4, -0.2) is 29.9 Å². The van der Waals surface area contributed by atoms with Crippen LogP contribution in [0.2, 0.25) is 0 Å². The van der Waals surface area contributed by atoms with E-state index < -0.39 is 0 Å². The van der Waals surface area contributed by atoms with Gasteiger partial charge in [-0.2, -0.15) is 0 Å². The van der Waals surface area contributed by atoms with Gasteiger partial charge in [0.05, 0.1) is 22.4 Å². The maximum Gasteiger partial charge on any atom is 0.179 e. The quantitative estimate of drug-likeness (QED) is 0.191. The fourth-order valence-corrected chi connectivity index (χ4v) is 6.19. The van der Waals surface area contributed by atoms with Crippen molar-refractivity contribution in [3.8, 4) is 45.6 Å². The second-order valence-electron chi connectivity index (χ2n) is 11.2. The maximum atomic E-state index is 5.11. The molecule has 46 heavy (non-hydrogen) atoms. The molecule has 3 heterocycles. The molecule has 9 aromatic rings. The molecular formula is C40H24N6. The summed E-state index contributed by atoms with van der Waals surface area (Å²) in [5.74, 6) is 1.03. The smallest absolute Gasteiger partial charge is 0.179 e. The zero-order valence-electron chi connectivity index (χ0n) is 24.5. The van der Waals surface area contributed by atoms with Crippen LogP contribution in [0.4, 0.5) is 0 Å². The van der Waals surface area contributed by atoms with Gasteiger partial charge in [-0.3, -0.25) is 0 Å². The standard InChI is InChI=1S/C40H24N6/c1-3-13-27(14-4-1)35-31-21-19-25-11-7-9-17-29(25)37(31)45-39(43-35)33-23-34(42-24-41-33)40-44-36(28-15-5-2-6-16-28)32-22-20-26-12-8-10-18-30(26)38(32)46-40/h1-24H. The van der Waals surface area contributed by atoms with Crippen molar-refractivity contribution in [2.75, 3.05) is 0 Å². The molecule has 0 unspecified atom stereocenters. The fourth-order valence-electron chi connectivity index (χ4n) is 6.19. The van der Waals surface area contributed by atoms with Gasteiger partial charge in [0.15, 0.2) is 11.6 Å². The summed E-state index contributed by atoms with van der Waals surface area (Å²) < 4.78 is 0. The molecular weight excluding hydrogens is 564 g/mol. The highest BCUT2D eigenvalue weighted by Crippen LogP contribution is 2.35. The first-order chi connectivity index (χ1) is 22.8. The number of hydrogen-bond donors (Lipinski definition) is 0. The third kappa shape index (κ3) is 4.35. The maximum absolute atomic E-state index is 5.11.